The van der Waals surface area contributed by atoms with Gasteiger partial charge in [0.2, 0.25) is 11.7 Å². The predicted octanol–water partition coefficient (Wildman–Crippen LogP) is 2.65. The maximum atomic E-state index is 12.9. The van der Waals surface area contributed by atoms with E-state index in [1.54, 1.807) is 21.3 Å². The Bertz CT molecular complexity index is 666. The molecule has 1 aliphatic carbocycles. The van der Waals surface area contributed by atoms with Crippen LogP contribution in [0.1, 0.15) is 38.2 Å². The van der Waals surface area contributed by atoms with E-state index < -0.39 is 5.60 Å². The lowest BCUT2D eigenvalue weighted by Gasteiger charge is -2.40. The van der Waals surface area contributed by atoms with E-state index in [1.165, 1.54) is 0 Å². The molecule has 1 aliphatic heterocycles. The van der Waals surface area contributed by atoms with Crippen LogP contribution in [0.5, 0.6) is 17.2 Å². The van der Waals surface area contributed by atoms with Gasteiger partial charge in [-0.3, -0.25) is 4.79 Å². The highest BCUT2D eigenvalue weighted by Crippen LogP contribution is 2.44. The summed E-state index contributed by atoms with van der Waals surface area (Å²) in [4.78, 5) is 14.9. The highest BCUT2D eigenvalue weighted by molar-refractivity contribution is 5.79. The highest BCUT2D eigenvalue weighted by atomic mass is 16.5. The van der Waals surface area contributed by atoms with Crippen molar-refractivity contribution in [1.82, 2.24) is 4.90 Å². The second-order valence-electron chi connectivity index (χ2n) is 7.73. The first-order chi connectivity index (χ1) is 13.0. The zero-order valence-corrected chi connectivity index (χ0v) is 16.8. The summed E-state index contributed by atoms with van der Waals surface area (Å²) in [6, 6.07) is 3.65. The Kier molecular flexibility index (Phi) is 5.84. The normalized spacial score (nSPS) is 27.2. The lowest BCUT2D eigenvalue weighted by molar-refractivity contribution is -0.130. The Hall–Kier alpha value is -1.95. The lowest BCUT2D eigenvalue weighted by atomic mass is 9.69. The number of nitrogens with zero attached hydrogens (tertiary/aromatic N) is 1. The van der Waals surface area contributed by atoms with Gasteiger partial charge in [-0.25, -0.2) is 0 Å². The number of benzene rings is 1. The molecule has 0 unspecified atom stereocenters. The fraction of sp³-hybridized carbons (Fsp3) is 0.667. The van der Waals surface area contributed by atoms with E-state index in [4.69, 9.17) is 14.2 Å². The smallest absolute Gasteiger partial charge is 0.227 e. The van der Waals surface area contributed by atoms with Gasteiger partial charge >= 0.3 is 0 Å². The summed E-state index contributed by atoms with van der Waals surface area (Å²) in [5, 5.41) is 10.9. The summed E-state index contributed by atoms with van der Waals surface area (Å²) in [6.07, 6.45) is 4.02. The molecule has 0 radical (unpaired) electrons. The van der Waals surface area contributed by atoms with Crippen molar-refractivity contribution in [3.63, 3.8) is 0 Å². The molecule has 1 N–H and O–H groups in total. The molecular weight excluding hydrogens is 346 g/mol. The van der Waals surface area contributed by atoms with Crippen molar-refractivity contribution in [2.75, 3.05) is 34.4 Å². The van der Waals surface area contributed by atoms with Crippen LogP contribution in [0.2, 0.25) is 0 Å². The Balaban J connectivity index is 1.75. The quantitative estimate of drug-likeness (QED) is 0.825. The number of methoxy groups -OCH3 is 3. The van der Waals surface area contributed by atoms with Crippen LogP contribution in [0.3, 0.4) is 0 Å². The van der Waals surface area contributed by atoms with Gasteiger partial charge in [-0.15, -0.1) is 0 Å². The van der Waals surface area contributed by atoms with Gasteiger partial charge in [-0.1, -0.05) is 13.3 Å². The van der Waals surface area contributed by atoms with Crippen molar-refractivity contribution >= 4 is 5.91 Å². The summed E-state index contributed by atoms with van der Waals surface area (Å²) < 4.78 is 16.1. The summed E-state index contributed by atoms with van der Waals surface area (Å²) in [5.74, 6) is 2.31. The Labute approximate surface area is 161 Å². The lowest BCUT2D eigenvalue weighted by Crippen LogP contribution is -2.44. The molecule has 0 bridgehead atoms. The second-order valence-corrected chi connectivity index (χ2v) is 7.73. The van der Waals surface area contributed by atoms with Crippen LogP contribution < -0.4 is 14.2 Å². The number of rotatable bonds is 6. The Morgan fingerprint density at radius 1 is 1.19 bits per heavy atom. The molecule has 1 aromatic rings. The first kappa shape index (κ1) is 19.8. The molecule has 0 spiro atoms. The number of carbonyl (C=O) groups is 1. The summed E-state index contributed by atoms with van der Waals surface area (Å²) >= 11 is 0. The molecule has 150 valence electrons. The molecule has 1 saturated carbocycles. The van der Waals surface area contributed by atoms with Crippen LogP contribution in [0.4, 0.5) is 0 Å². The van der Waals surface area contributed by atoms with Gasteiger partial charge in [0.05, 0.1) is 33.4 Å². The van der Waals surface area contributed by atoms with Crippen LogP contribution >= 0.6 is 0 Å². The van der Waals surface area contributed by atoms with Gasteiger partial charge in [-0.05, 0) is 42.9 Å². The van der Waals surface area contributed by atoms with Crippen molar-refractivity contribution < 1.29 is 24.1 Å². The van der Waals surface area contributed by atoms with Gasteiger partial charge < -0.3 is 24.2 Å². The first-order valence-corrected chi connectivity index (χ1v) is 9.74. The van der Waals surface area contributed by atoms with E-state index in [0.717, 1.165) is 37.8 Å². The average molecular weight is 377 g/mol. The SMILES string of the molecule is CC[C@@]1(O)CCC[C@@H]2CN(C(=O)Cc3cc(OC)c(OC)c(OC)c3)C[C@@H]21. The van der Waals surface area contributed by atoms with Crippen molar-refractivity contribution in [3.05, 3.63) is 17.7 Å². The predicted molar refractivity (Wildman–Crippen MR) is 102 cm³/mol. The summed E-state index contributed by atoms with van der Waals surface area (Å²) in [7, 11) is 4.70. The number of carbonyl (C=O) groups excluding carboxylic acids is 1. The maximum Gasteiger partial charge on any atom is 0.227 e. The number of hydrogen-bond donors (Lipinski definition) is 1. The van der Waals surface area contributed by atoms with Crippen molar-refractivity contribution in [2.45, 2.75) is 44.6 Å². The summed E-state index contributed by atoms with van der Waals surface area (Å²) in [5.41, 5.74) is 0.208. The van der Waals surface area contributed by atoms with E-state index >= 15 is 0 Å². The number of likely N-dealkylation sites (tertiary alicyclic amines) is 1. The van der Waals surface area contributed by atoms with E-state index in [2.05, 4.69) is 0 Å². The molecule has 2 aliphatic rings. The maximum absolute atomic E-state index is 12.9. The fourth-order valence-electron chi connectivity index (χ4n) is 4.79. The van der Waals surface area contributed by atoms with Crippen LogP contribution in [-0.2, 0) is 11.2 Å². The Morgan fingerprint density at radius 3 is 2.41 bits per heavy atom. The molecule has 1 heterocycles. The third kappa shape index (κ3) is 3.72. The van der Waals surface area contributed by atoms with E-state index in [9.17, 15) is 9.90 Å². The molecule has 2 fully saturated rings. The van der Waals surface area contributed by atoms with Crippen molar-refractivity contribution in [2.24, 2.45) is 11.8 Å². The topological polar surface area (TPSA) is 68.2 Å². The largest absolute Gasteiger partial charge is 0.493 e. The number of fused-ring (bicyclic) bond motifs is 1. The molecule has 1 amide bonds. The molecule has 27 heavy (non-hydrogen) atoms. The third-order valence-electron chi connectivity index (χ3n) is 6.36. The second kappa shape index (κ2) is 7.97. The molecule has 3 rings (SSSR count). The molecule has 6 heteroatoms. The van der Waals surface area contributed by atoms with E-state index in [-0.39, 0.29) is 18.2 Å². The minimum absolute atomic E-state index is 0.0807. The minimum atomic E-state index is -0.621. The van der Waals surface area contributed by atoms with Gasteiger partial charge in [-0.2, -0.15) is 0 Å². The van der Waals surface area contributed by atoms with E-state index in [0.29, 0.717) is 29.7 Å². The minimum Gasteiger partial charge on any atom is -0.493 e. The van der Waals surface area contributed by atoms with Crippen LogP contribution in [0.25, 0.3) is 0 Å². The molecular formula is C21H31NO5. The molecule has 0 aromatic heterocycles. The highest BCUT2D eigenvalue weighted by Gasteiger charge is 2.48. The van der Waals surface area contributed by atoms with Gasteiger partial charge in [0, 0.05) is 19.0 Å². The standard InChI is InChI=1S/C21H31NO5/c1-5-21(24)8-6-7-15-12-22(13-16(15)21)19(23)11-14-9-17(25-2)20(27-4)18(10-14)26-3/h9-10,15-16,24H,5-8,11-13H2,1-4H3/t15-,16+,21-/m1/s1. The molecule has 6 nitrogen and oxygen atoms in total. The molecule has 3 atom stereocenters. The summed E-state index contributed by atoms with van der Waals surface area (Å²) in [6.45, 7) is 3.44. The zero-order valence-electron chi connectivity index (χ0n) is 16.8. The van der Waals surface area contributed by atoms with Crippen LogP contribution in [-0.4, -0.2) is 55.9 Å². The molecule has 1 aromatic carbocycles. The van der Waals surface area contributed by atoms with E-state index in [1.807, 2.05) is 24.0 Å². The average Bonchev–Trinajstić information content (AvgIpc) is 3.13. The van der Waals surface area contributed by atoms with Gasteiger partial charge in [0.15, 0.2) is 11.5 Å². The number of ether oxygens (including phenoxy) is 3. The number of aliphatic hydroxyl groups is 1. The molecule has 1 saturated heterocycles. The fourth-order valence-corrected chi connectivity index (χ4v) is 4.79. The van der Waals surface area contributed by atoms with Crippen LogP contribution in [0, 0.1) is 11.8 Å². The third-order valence-corrected chi connectivity index (χ3v) is 6.36. The zero-order chi connectivity index (χ0) is 19.6. The Morgan fingerprint density at radius 2 is 1.85 bits per heavy atom. The number of amides is 1. The van der Waals surface area contributed by atoms with Crippen molar-refractivity contribution in [1.29, 1.82) is 0 Å². The van der Waals surface area contributed by atoms with Gasteiger partial charge in [0.25, 0.3) is 0 Å². The van der Waals surface area contributed by atoms with Crippen molar-refractivity contribution in [3.8, 4) is 17.2 Å². The first-order valence-electron chi connectivity index (χ1n) is 9.74. The number of hydrogen-bond acceptors (Lipinski definition) is 5. The monoisotopic (exact) mass is 377 g/mol. The van der Waals surface area contributed by atoms with Crippen LogP contribution in [0.15, 0.2) is 12.1 Å². The van der Waals surface area contributed by atoms with Gasteiger partial charge in [0.1, 0.15) is 0 Å².